The normalized spacial score (nSPS) is 18.7. The number of amides is 1. The topological polar surface area (TPSA) is 107 Å². The zero-order chi connectivity index (χ0) is 21.0. The second kappa shape index (κ2) is 8.94. The summed E-state index contributed by atoms with van der Waals surface area (Å²) in [6.07, 6.45) is -0.253. The number of piperidine rings is 1. The van der Waals surface area contributed by atoms with Crippen LogP contribution in [-0.4, -0.2) is 37.7 Å². The van der Waals surface area contributed by atoms with E-state index >= 15 is 0 Å². The first-order chi connectivity index (χ1) is 13.8. The van der Waals surface area contributed by atoms with E-state index in [1.807, 2.05) is 0 Å². The Morgan fingerprint density at radius 2 is 1.76 bits per heavy atom. The SMILES string of the molecule is NC(=O)C(OC(=O)C1CCCN(S(=O)(=O)c2ccc(Cl)cc2)C1)c1ccccc1. The highest BCUT2D eigenvalue weighted by atomic mass is 35.5. The van der Waals surface area contributed by atoms with Gasteiger partial charge in [-0.25, -0.2) is 8.42 Å². The van der Waals surface area contributed by atoms with Crippen LogP contribution in [0, 0.1) is 5.92 Å². The third-order valence-corrected chi connectivity index (χ3v) is 6.89. The molecule has 0 radical (unpaired) electrons. The van der Waals surface area contributed by atoms with Crippen LogP contribution in [0.4, 0.5) is 0 Å². The van der Waals surface area contributed by atoms with Gasteiger partial charge in [-0.3, -0.25) is 9.59 Å². The molecule has 29 heavy (non-hydrogen) atoms. The molecule has 9 heteroatoms. The van der Waals surface area contributed by atoms with Gasteiger partial charge in [-0.05, 0) is 37.1 Å². The first kappa shape index (κ1) is 21.3. The molecule has 1 saturated heterocycles. The molecule has 0 spiro atoms. The number of ether oxygens (including phenoxy) is 1. The molecular weight excluding hydrogens is 416 g/mol. The van der Waals surface area contributed by atoms with Gasteiger partial charge in [0.1, 0.15) is 0 Å². The molecule has 1 aliphatic rings. The van der Waals surface area contributed by atoms with Crippen LogP contribution in [0.5, 0.6) is 0 Å². The Morgan fingerprint density at radius 3 is 2.38 bits per heavy atom. The van der Waals surface area contributed by atoms with Crippen LogP contribution in [0.3, 0.4) is 0 Å². The van der Waals surface area contributed by atoms with E-state index in [9.17, 15) is 18.0 Å². The summed E-state index contributed by atoms with van der Waals surface area (Å²) in [7, 11) is -3.77. The monoisotopic (exact) mass is 436 g/mol. The van der Waals surface area contributed by atoms with Crippen molar-refractivity contribution in [3.05, 3.63) is 65.2 Å². The van der Waals surface area contributed by atoms with Crippen LogP contribution in [0.1, 0.15) is 24.5 Å². The Labute approximate surface area is 174 Å². The molecule has 2 aromatic rings. The molecule has 1 amide bonds. The zero-order valence-electron chi connectivity index (χ0n) is 15.5. The van der Waals surface area contributed by atoms with Crippen molar-refractivity contribution >= 4 is 33.5 Å². The van der Waals surface area contributed by atoms with Gasteiger partial charge in [-0.1, -0.05) is 41.9 Å². The average molecular weight is 437 g/mol. The minimum absolute atomic E-state index is 0.0237. The third kappa shape index (κ3) is 4.95. The van der Waals surface area contributed by atoms with Crippen LogP contribution >= 0.6 is 11.6 Å². The predicted octanol–water partition coefficient (Wildman–Crippen LogP) is 2.51. The summed E-state index contributed by atoms with van der Waals surface area (Å²) in [5.41, 5.74) is 5.87. The Morgan fingerprint density at radius 1 is 1.10 bits per heavy atom. The molecule has 2 aromatic carbocycles. The number of halogens is 1. The van der Waals surface area contributed by atoms with E-state index in [2.05, 4.69) is 0 Å². The number of nitrogens with zero attached hydrogens (tertiary/aromatic N) is 1. The molecule has 3 rings (SSSR count). The van der Waals surface area contributed by atoms with Gasteiger partial charge in [0, 0.05) is 23.7 Å². The number of esters is 1. The van der Waals surface area contributed by atoms with E-state index in [-0.39, 0.29) is 11.4 Å². The lowest BCUT2D eigenvalue weighted by molar-refractivity contribution is -0.160. The van der Waals surface area contributed by atoms with Crippen LogP contribution in [0.15, 0.2) is 59.5 Å². The lowest BCUT2D eigenvalue weighted by Gasteiger charge is -2.31. The zero-order valence-corrected chi connectivity index (χ0v) is 17.1. The summed E-state index contributed by atoms with van der Waals surface area (Å²) < 4.78 is 32.4. The highest BCUT2D eigenvalue weighted by molar-refractivity contribution is 7.89. The van der Waals surface area contributed by atoms with Crippen molar-refractivity contribution in [3.63, 3.8) is 0 Å². The predicted molar refractivity (Wildman–Crippen MR) is 107 cm³/mol. The molecule has 1 fully saturated rings. The number of primary amides is 1. The summed E-state index contributed by atoms with van der Waals surface area (Å²) in [5, 5.41) is 0.433. The van der Waals surface area contributed by atoms with Crippen molar-refractivity contribution in [1.29, 1.82) is 0 Å². The number of hydrogen-bond donors (Lipinski definition) is 1. The van der Waals surface area contributed by atoms with Crippen LogP contribution in [0.25, 0.3) is 0 Å². The van der Waals surface area contributed by atoms with Crippen molar-refractivity contribution in [2.75, 3.05) is 13.1 Å². The molecule has 2 atom stereocenters. The molecule has 0 bridgehead atoms. The highest BCUT2D eigenvalue weighted by Gasteiger charge is 2.35. The van der Waals surface area contributed by atoms with Crippen LogP contribution < -0.4 is 5.73 Å². The van der Waals surface area contributed by atoms with E-state index in [0.29, 0.717) is 30.0 Å². The fourth-order valence-corrected chi connectivity index (χ4v) is 4.89. The fourth-order valence-electron chi connectivity index (χ4n) is 3.24. The Hall–Kier alpha value is -2.42. The molecule has 154 valence electrons. The summed E-state index contributed by atoms with van der Waals surface area (Å²) in [6, 6.07) is 14.3. The number of sulfonamides is 1. The minimum Gasteiger partial charge on any atom is -0.447 e. The number of hydrogen-bond acceptors (Lipinski definition) is 5. The molecule has 1 aliphatic heterocycles. The van der Waals surface area contributed by atoms with E-state index in [4.69, 9.17) is 22.1 Å². The number of carbonyl (C=O) groups excluding carboxylic acids is 2. The summed E-state index contributed by atoms with van der Waals surface area (Å²) in [6.45, 7) is 0.275. The summed E-state index contributed by atoms with van der Waals surface area (Å²) in [4.78, 5) is 24.6. The maximum absolute atomic E-state index is 12.9. The van der Waals surface area contributed by atoms with Crippen LogP contribution in [-0.2, 0) is 24.3 Å². The quantitative estimate of drug-likeness (QED) is 0.700. The van der Waals surface area contributed by atoms with Crippen molar-refractivity contribution < 1.29 is 22.7 Å². The maximum Gasteiger partial charge on any atom is 0.311 e. The van der Waals surface area contributed by atoms with Gasteiger partial charge in [-0.15, -0.1) is 0 Å². The lowest BCUT2D eigenvalue weighted by Crippen LogP contribution is -2.43. The molecule has 0 aliphatic carbocycles. The highest BCUT2D eigenvalue weighted by Crippen LogP contribution is 2.27. The molecule has 2 unspecified atom stereocenters. The first-order valence-corrected chi connectivity index (χ1v) is 10.9. The van der Waals surface area contributed by atoms with Crippen molar-refractivity contribution in [3.8, 4) is 0 Å². The Bertz CT molecular complexity index is 980. The maximum atomic E-state index is 12.9. The van der Waals surface area contributed by atoms with Gasteiger partial charge in [0.2, 0.25) is 16.1 Å². The second-order valence-corrected chi connectivity index (χ2v) is 9.16. The van der Waals surface area contributed by atoms with Gasteiger partial charge in [0.25, 0.3) is 5.91 Å². The molecular formula is C20H21ClN2O5S. The Kier molecular flexibility index (Phi) is 6.56. The number of carbonyl (C=O) groups is 2. The Balaban J connectivity index is 1.73. The van der Waals surface area contributed by atoms with Crippen molar-refractivity contribution in [2.24, 2.45) is 11.7 Å². The summed E-state index contributed by atoms with van der Waals surface area (Å²) >= 11 is 5.83. The van der Waals surface area contributed by atoms with E-state index in [1.165, 1.54) is 28.6 Å². The number of rotatable bonds is 6. The number of nitrogens with two attached hydrogens (primary N) is 1. The summed E-state index contributed by atoms with van der Waals surface area (Å²) in [5.74, 6) is -2.11. The fraction of sp³-hybridized carbons (Fsp3) is 0.300. The largest absolute Gasteiger partial charge is 0.447 e. The van der Waals surface area contributed by atoms with E-state index in [1.54, 1.807) is 30.3 Å². The van der Waals surface area contributed by atoms with E-state index < -0.39 is 33.9 Å². The molecule has 0 saturated carbocycles. The van der Waals surface area contributed by atoms with Crippen molar-refractivity contribution in [1.82, 2.24) is 4.31 Å². The molecule has 7 nitrogen and oxygen atoms in total. The standard InChI is InChI=1S/C20H21ClN2O5S/c21-16-8-10-17(11-9-16)29(26,27)23-12-4-7-15(13-23)20(25)28-18(19(22)24)14-5-2-1-3-6-14/h1-3,5-6,8-11,15,18H,4,7,12-13H2,(H2,22,24). The molecule has 1 heterocycles. The second-order valence-electron chi connectivity index (χ2n) is 6.79. The lowest BCUT2D eigenvalue weighted by atomic mass is 9.99. The third-order valence-electron chi connectivity index (χ3n) is 4.76. The average Bonchev–Trinajstić information content (AvgIpc) is 2.72. The molecule has 2 N–H and O–H groups in total. The van der Waals surface area contributed by atoms with Crippen molar-refractivity contribution in [2.45, 2.75) is 23.8 Å². The van der Waals surface area contributed by atoms with Gasteiger partial charge < -0.3 is 10.5 Å². The van der Waals surface area contributed by atoms with Gasteiger partial charge in [0.15, 0.2) is 0 Å². The van der Waals surface area contributed by atoms with E-state index in [0.717, 1.165) is 0 Å². The van der Waals surface area contributed by atoms with Gasteiger partial charge in [0.05, 0.1) is 10.8 Å². The van der Waals surface area contributed by atoms with Gasteiger partial charge in [-0.2, -0.15) is 4.31 Å². The number of benzene rings is 2. The first-order valence-electron chi connectivity index (χ1n) is 9.09. The minimum atomic E-state index is -3.77. The smallest absolute Gasteiger partial charge is 0.311 e. The molecule has 0 aromatic heterocycles. The van der Waals surface area contributed by atoms with Crippen LogP contribution in [0.2, 0.25) is 5.02 Å². The van der Waals surface area contributed by atoms with Gasteiger partial charge >= 0.3 is 5.97 Å².